The third-order valence-electron chi connectivity index (χ3n) is 1.44. The van der Waals surface area contributed by atoms with Gasteiger partial charge in [-0.2, -0.15) is 0 Å². The Morgan fingerprint density at radius 1 is 1.11 bits per heavy atom. The second-order valence-corrected chi connectivity index (χ2v) is 2.76. The van der Waals surface area contributed by atoms with E-state index < -0.39 is 46.5 Å². The second kappa shape index (κ2) is 6.33. The number of Topliss-reactive ketones (excluding diaryl/α,β-unsaturated/α-hetero) is 1. The minimum Gasteiger partial charge on any atom is -0.356 e. The molecule has 0 rings (SSSR count). The Bertz CT molecular complexity index is 357. The average molecular weight is 271 g/mol. The highest BCUT2D eigenvalue weighted by Crippen LogP contribution is 2.13. The molecule has 0 aromatic heterocycles. The average Bonchev–Trinajstić information content (AvgIpc) is 2.25. The van der Waals surface area contributed by atoms with Crippen LogP contribution >= 0.6 is 0 Å². The minimum atomic E-state index is -4.08. The van der Waals surface area contributed by atoms with E-state index in [1.165, 1.54) is 0 Å². The third-order valence-corrected chi connectivity index (χ3v) is 1.44. The Balaban J connectivity index is 4.16. The molecule has 0 N–H and O–H groups in total. The fourth-order valence-corrected chi connectivity index (χ4v) is 0.633. The summed E-state index contributed by atoms with van der Waals surface area (Å²) in [6, 6.07) is 0. The van der Waals surface area contributed by atoms with Gasteiger partial charge in [-0.05, 0) is 0 Å². The van der Waals surface area contributed by atoms with Gasteiger partial charge in [0.1, 0.15) is 16.5 Å². The van der Waals surface area contributed by atoms with Crippen molar-refractivity contribution in [3.05, 3.63) is 30.3 Å². The lowest BCUT2D eigenvalue weighted by atomic mass is 10.4. The maximum absolute atomic E-state index is 13.0. The van der Waals surface area contributed by atoms with E-state index >= 15 is 0 Å². The van der Waals surface area contributed by atoms with Crippen molar-refractivity contribution in [2.75, 3.05) is 19.8 Å². The van der Waals surface area contributed by atoms with Gasteiger partial charge < -0.3 is 9.57 Å². The molecule has 0 heterocycles. The number of hydrogen-bond acceptors (Lipinski definition) is 9. The van der Waals surface area contributed by atoms with Gasteiger partial charge in [0.15, 0.2) is 12.4 Å². The molecule has 102 valence electrons. The van der Waals surface area contributed by atoms with Gasteiger partial charge in [-0.1, -0.05) is 4.39 Å². The normalized spacial score (nSPS) is 10.7. The van der Waals surface area contributed by atoms with E-state index in [4.69, 9.17) is 0 Å². The Morgan fingerprint density at radius 3 is 2.00 bits per heavy atom. The summed E-state index contributed by atoms with van der Waals surface area (Å²) in [5.41, 5.74) is 0. The van der Waals surface area contributed by atoms with Crippen LogP contribution in [0.25, 0.3) is 0 Å². The van der Waals surface area contributed by atoms with Crippen LogP contribution in [-0.4, -0.2) is 46.5 Å². The van der Waals surface area contributed by atoms with Gasteiger partial charge in [0.05, 0.1) is 0 Å². The maximum atomic E-state index is 13.0. The van der Waals surface area contributed by atoms with Gasteiger partial charge in [0.2, 0.25) is 6.61 Å². The summed E-state index contributed by atoms with van der Waals surface area (Å²) in [4.78, 5) is 40.5. The van der Waals surface area contributed by atoms with Gasteiger partial charge >= 0.3 is 5.92 Å². The van der Waals surface area contributed by atoms with Crippen molar-refractivity contribution in [2.45, 2.75) is 5.92 Å². The fraction of sp³-hybridized carbons (Fsp3) is 0.800. The van der Waals surface area contributed by atoms with Crippen molar-refractivity contribution < 1.29 is 33.7 Å². The highest BCUT2D eigenvalue weighted by atomic mass is 19.2. The number of halogens is 1. The molecular weight excluding hydrogens is 265 g/mol. The van der Waals surface area contributed by atoms with Crippen molar-refractivity contribution in [3.63, 3.8) is 0 Å². The Hall–Kier alpha value is -2.44. The number of carbonyl (C=O) groups is 1. The van der Waals surface area contributed by atoms with Gasteiger partial charge in [-0.25, -0.2) is 0 Å². The molecule has 0 saturated carbocycles. The molecule has 0 aromatic rings. The third kappa shape index (κ3) is 4.60. The van der Waals surface area contributed by atoms with Crippen molar-refractivity contribution in [2.24, 2.45) is 0 Å². The number of nitro groups is 2. The molecule has 0 saturated heterocycles. The molecule has 0 atom stereocenters. The summed E-state index contributed by atoms with van der Waals surface area (Å²) in [6.45, 7) is -3.62. The quantitative estimate of drug-likeness (QED) is 0.220. The molecule has 0 spiro atoms. The number of hydrogen-bond donors (Lipinski definition) is 0. The molecule has 0 unspecified atom stereocenters. The van der Waals surface area contributed by atoms with Crippen molar-refractivity contribution in [1.82, 2.24) is 0 Å². The fourth-order valence-electron chi connectivity index (χ4n) is 0.633. The lowest BCUT2D eigenvalue weighted by molar-refractivity contribution is -0.833. The topological polar surface area (TPSA) is 165 Å². The van der Waals surface area contributed by atoms with Crippen molar-refractivity contribution in [3.8, 4) is 0 Å². The lowest BCUT2D eigenvalue weighted by Gasteiger charge is -2.07. The number of ketones is 1. The molecular formula is C5H6FN3O9. The monoisotopic (exact) mass is 271 g/mol. The van der Waals surface area contributed by atoms with Crippen LogP contribution in [0.1, 0.15) is 0 Å². The molecule has 18 heavy (non-hydrogen) atoms. The molecule has 0 radical (unpaired) electrons. The Morgan fingerprint density at radius 2 is 1.61 bits per heavy atom. The largest absolute Gasteiger partial charge is 0.637 e. The highest BCUT2D eigenvalue weighted by molar-refractivity contribution is 5.80. The van der Waals surface area contributed by atoms with Crippen LogP contribution in [0.3, 0.4) is 0 Å². The highest BCUT2D eigenvalue weighted by Gasteiger charge is 2.58. The number of ether oxygens (including phenoxy) is 1. The van der Waals surface area contributed by atoms with E-state index in [0.717, 1.165) is 0 Å². The number of rotatable bonds is 9. The number of nitrogens with zero attached hydrogens (tertiary/aromatic N) is 3. The van der Waals surface area contributed by atoms with Gasteiger partial charge in [0.25, 0.3) is 5.09 Å². The van der Waals surface area contributed by atoms with Crippen LogP contribution in [0.4, 0.5) is 4.39 Å². The predicted octanol–water partition coefficient (Wildman–Crippen LogP) is -1.04. The standard InChI is InChI=1S/C5H6FN3O9/c6-5(7(11)12,8(13)14)3-17-1-4(10)2-18-9(15)16/h1-3H2. The Labute approximate surface area is 96.7 Å². The van der Waals surface area contributed by atoms with Gasteiger partial charge in [-0.15, -0.1) is 10.1 Å². The van der Waals surface area contributed by atoms with Gasteiger partial charge in [0, 0.05) is 0 Å². The first-order valence-corrected chi connectivity index (χ1v) is 4.05. The summed E-state index contributed by atoms with van der Waals surface area (Å²) in [6.07, 6.45) is 0. The molecule has 0 fully saturated rings. The lowest BCUT2D eigenvalue weighted by Crippen LogP contribution is -2.46. The smallest absolute Gasteiger partial charge is 0.356 e. The summed E-state index contributed by atoms with van der Waals surface area (Å²) in [7, 11) is 0. The summed E-state index contributed by atoms with van der Waals surface area (Å²) in [5.74, 6) is -5.12. The molecule has 12 nitrogen and oxygen atoms in total. The molecule has 0 aliphatic carbocycles. The zero-order valence-electron chi connectivity index (χ0n) is 8.52. The number of alkyl halides is 1. The van der Waals surface area contributed by atoms with E-state index in [0.29, 0.717) is 0 Å². The zero-order valence-corrected chi connectivity index (χ0v) is 8.52. The predicted molar refractivity (Wildman–Crippen MR) is 46.6 cm³/mol. The molecule has 0 amide bonds. The zero-order chi connectivity index (χ0) is 14.3. The molecule has 0 bridgehead atoms. The first kappa shape index (κ1) is 15.6. The SMILES string of the molecule is O=C(COCC(F)([N+](=O)[O-])[N+](=O)[O-])CO[N+](=O)[O-]. The minimum absolute atomic E-state index is 0.999. The van der Waals surface area contributed by atoms with Crippen molar-refractivity contribution in [1.29, 1.82) is 0 Å². The maximum Gasteiger partial charge on any atom is 0.637 e. The molecule has 0 aliphatic heterocycles. The van der Waals surface area contributed by atoms with E-state index in [2.05, 4.69) is 9.57 Å². The van der Waals surface area contributed by atoms with Crippen LogP contribution in [0.2, 0.25) is 0 Å². The van der Waals surface area contributed by atoms with Crippen LogP contribution < -0.4 is 0 Å². The van der Waals surface area contributed by atoms with E-state index in [1.54, 1.807) is 0 Å². The first-order chi connectivity index (χ1) is 8.20. The summed E-state index contributed by atoms with van der Waals surface area (Å²) in [5, 5.41) is 28.5. The number of carbonyl (C=O) groups excluding carboxylic acids is 1. The molecule has 0 aromatic carbocycles. The summed E-state index contributed by atoms with van der Waals surface area (Å²) >= 11 is 0. The molecule has 13 heteroatoms. The second-order valence-electron chi connectivity index (χ2n) is 2.76. The van der Waals surface area contributed by atoms with Crippen LogP contribution in [0.15, 0.2) is 0 Å². The molecule has 0 aliphatic rings. The van der Waals surface area contributed by atoms with Gasteiger partial charge in [-0.3, -0.25) is 25.0 Å². The summed E-state index contributed by atoms with van der Waals surface area (Å²) < 4.78 is 17.1. The van der Waals surface area contributed by atoms with Crippen molar-refractivity contribution >= 4 is 5.78 Å². The van der Waals surface area contributed by atoms with Crippen LogP contribution in [0, 0.1) is 30.3 Å². The van der Waals surface area contributed by atoms with Crippen LogP contribution in [0.5, 0.6) is 0 Å². The van der Waals surface area contributed by atoms with E-state index in [1.807, 2.05) is 0 Å². The van der Waals surface area contributed by atoms with E-state index in [-0.39, 0.29) is 0 Å². The van der Waals surface area contributed by atoms with Crippen LogP contribution in [-0.2, 0) is 14.4 Å². The van der Waals surface area contributed by atoms with E-state index in [9.17, 15) is 39.5 Å². The Kier molecular flexibility index (Phi) is 5.47. The first-order valence-electron chi connectivity index (χ1n) is 4.05.